The summed E-state index contributed by atoms with van der Waals surface area (Å²) in [5.74, 6) is 0.902. The molecule has 0 spiro atoms. The Morgan fingerprint density at radius 3 is 2.24 bits per heavy atom. The molecule has 7 heteroatoms. The number of rotatable bonds is 10. The number of carbonyl (C=O) groups excluding carboxylic acids is 1. The first-order valence-electron chi connectivity index (χ1n) is 11.4. The van der Waals surface area contributed by atoms with E-state index in [0.29, 0.717) is 31.9 Å². The van der Waals surface area contributed by atoms with Crippen LogP contribution in [0.1, 0.15) is 56.6 Å². The molecule has 0 fully saturated rings. The molecule has 0 amide bonds. The number of aromatic nitrogens is 3. The van der Waals surface area contributed by atoms with Gasteiger partial charge in [0.1, 0.15) is 11.6 Å². The maximum absolute atomic E-state index is 13.0. The predicted molar refractivity (Wildman–Crippen MR) is 128 cm³/mol. The van der Waals surface area contributed by atoms with E-state index in [9.17, 15) is 9.59 Å². The lowest BCUT2D eigenvalue weighted by Gasteiger charge is -2.24. The minimum Gasteiger partial charge on any atom is -0.476 e. The Kier molecular flexibility index (Phi) is 7.74. The van der Waals surface area contributed by atoms with Crippen molar-refractivity contribution < 1.29 is 14.3 Å². The fourth-order valence-corrected chi connectivity index (χ4v) is 3.53. The third kappa shape index (κ3) is 6.12. The Balaban J connectivity index is 1.77. The topological polar surface area (TPSA) is 75.3 Å². The maximum Gasteiger partial charge on any atom is 0.349 e. The highest BCUT2D eigenvalue weighted by Crippen LogP contribution is 2.21. The zero-order valence-electron chi connectivity index (χ0n) is 20.1. The summed E-state index contributed by atoms with van der Waals surface area (Å²) in [7, 11) is 0. The molecule has 1 heterocycles. The summed E-state index contributed by atoms with van der Waals surface area (Å²) < 4.78 is 14.2. The highest BCUT2D eigenvalue weighted by molar-refractivity contribution is 5.79. The maximum atomic E-state index is 13.0. The van der Waals surface area contributed by atoms with Crippen LogP contribution in [0.3, 0.4) is 0 Å². The average molecular weight is 452 g/mol. The van der Waals surface area contributed by atoms with Crippen LogP contribution in [0.15, 0.2) is 53.3 Å². The second-order valence-electron chi connectivity index (χ2n) is 8.65. The molecule has 0 aliphatic heterocycles. The van der Waals surface area contributed by atoms with Crippen LogP contribution in [0.2, 0.25) is 0 Å². The van der Waals surface area contributed by atoms with Gasteiger partial charge in [0.15, 0.2) is 5.60 Å². The molecule has 0 unspecified atom stereocenters. The number of nitrogens with zero attached hydrogens (tertiary/aromatic N) is 3. The average Bonchev–Trinajstić information content (AvgIpc) is 3.06. The summed E-state index contributed by atoms with van der Waals surface area (Å²) in [6.45, 7) is 10.6. The van der Waals surface area contributed by atoms with Crippen LogP contribution in [-0.2, 0) is 29.0 Å². The van der Waals surface area contributed by atoms with Gasteiger partial charge in [-0.15, -0.1) is 0 Å². The van der Waals surface area contributed by atoms with Crippen LogP contribution in [0, 0.1) is 6.92 Å². The van der Waals surface area contributed by atoms with Crippen molar-refractivity contribution in [2.45, 2.75) is 66.2 Å². The Morgan fingerprint density at radius 1 is 1.00 bits per heavy atom. The first-order chi connectivity index (χ1) is 15.7. The molecule has 33 heavy (non-hydrogen) atoms. The minimum absolute atomic E-state index is 0.0939. The van der Waals surface area contributed by atoms with E-state index in [1.54, 1.807) is 25.3 Å². The fourth-order valence-electron chi connectivity index (χ4n) is 3.53. The molecule has 3 rings (SSSR count). The molecular weight excluding hydrogens is 418 g/mol. The number of carbonyl (C=O) groups is 1. The minimum atomic E-state index is -1.08. The Labute approximate surface area is 195 Å². The van der Waals surface area contributed by atoms with Gasteiger partial charge in [-0.1, -0.05) is 48.9 Å². The smallest absolute Gasteiger partial charge is 0.349 e. The molecule has 0 bridgehead atoms. The van der Waals surface area contributed by atoms with Gasteiger partial charge in [0.25, 0.3) is 0 Å². The second-order valence-corrected chi connectivity index (χ2v) is 8.65. The number of ether oxygens (including phenoxy) is 2. The second kappa shape index (κ2) is 10.5. The van der Waals surface area contributed by atoms with Gasteiger partial charge in [0.05, 0.1) is 13.2 Å². The third-order valence-corrected chi connectivity index (χ3v) is 5.33. The molecule has 0 saturated heterocycles. The largest absolute Gasteiger partial charge is 0.476 e. The number of hydrogen-bond donors (Lipinski definition) is 0. The Morgan fingerprint density at radius 2 is 1.64 bits per heavy atom. The summed E-state index contributed by atoms with van der Waals surface area (Å²) in [5.41, 5.74) is 2.06. The summed E-state index contributed by atoms with van der Waals surface area (Å²) in [6.07, 6.45) is 1.37. The fraction of sp³-hybridized carbons (Fsp3) is 0.423. The molecule has 1 aromatic heterocycles. The molecule has 0 aliphatic rings. The van der Waals surface area contributed by atoms with E-state index in [1.807, 2.05) is 62.4 Å². The highest BCUT2D eigenvalue weighted by Gasteiger charge is 2.31. The summed E-state index contributed by atoms with van der Waals surface area (Å²) >= 11 is 0. The normalized spacial score (nSPS) is 11.4. The van der Waals surface area contributed by atoms with Crippen LogP contribution >= 0.6 is 0 Å². The molecule has 7 nitrogen and oxygen atoms in total. The van der Waals surface area contributed by atoms with Gasteiger partial charge in [0, 0.05) is 13.0 Å². The number of esters is 1. The third-order valence-electron chi connectivity index (χ3n) is 5.33. The lowest BCUT2D eigenvalue weighted by Crippen LogP contribution is -2.39. The van der Waals surface area contributed by atoms with E-state index in [-0.39, 0.29) is 5.69 Å². The van der Waals surface area contributed by atoms with E-state index in [2.05, 4.69) is 5.10 Å². The zero-order chi connectivity index (χ0) is 24.0. The van der Waals surface area contributed by atoms with Crippen molar-refractivity contribution in [2.24, 2.45) is 0 Å². The molecule has 176 valence electrons. The van der Waals surface area contributed by atoms with E-state index >= 15 is 0 Å². The van der Waals surface area contributed by atoms with Crippen LogP contribution < -0.4 is 10.4 Å². The van der Waals surface area contributed by atoms with Crippen LogP contribution in [-0.4, -0.2) is 32.5 Å². The lowest BCUT2D eigenvalue weighted by atomic mass is 10.1. The van der Waals surface area contributed by atoms with Crippen molar-refractivity contribution in [3.63, 3.8) is 0 Å². The molecule has 0 saturated carbocycles. The Hall–Kier alpha value is -3.35. The van der Waals surface area contributed by atoms with Gasteiger partial charge in [-0.05, 0) is 57.4 Å². The van der Waals surface area contributed by atoms with E-state index in [4.69, 9.17) is 9.47 Å². The SMILES string of the molecule is CCCn1c(Cc2ccc(OC(C)(C)C(=O)OCC)cc2)nn(Cc2ccc(C)cc2)c1=O. The van der Waals surface area contributed by atoms with Gasteiger partial charge in [-0.25, -0.2) is 14.3 Å². The number of aryl methyl sites for hydroxylation is 1. The van der Waals surface area contributed by atoms with Crippen molar-refractivity contribution in [2.75, 3.05) is 6.61 Å². The van der Waals surface area contributed by atoms with Gasteiger partial charge < -0.3 is 9.47 Å². The summed E-state index contributed by atoms with van der Waals surface area (Å²) in [6, 6.07) is 15.6. The highest BCUT2D eigenvalue weighted by atomic mass is 16.6. The predicted octanol–water partition coefficient (Wildman–Crippen LogP) is 4.12. The quantitative estimate of drug-likeness (QED) is 0.434. The van der Waals surface area contributed by atoms with E-state index < -0.39 is 11.6 Å². The van der Waals surface area contributed by atoms with Crippen LogP contribution in [0.4, 0.5) is 0 Å². The van der Waals surface area contributed by atoms with Crippen molar-refractivity contribution in [3.05, 3.63) is 81.5 Å². The van der Waals surface area contributed by atoms with Crippen molar-refractivity contribution >= 4 is 5.97 Å². The van der Waals surface area contributed by atoms with E-state index in [1.165, 1.54) is 10.2 Å². The molecule has 2 aromatic carbocycles. The van der Waals surface area contributed by atoms with Crippen molar-refractivity contribution in [1.29, 1.82) is 0 Å². The van der Waals surface area contributed by atoms with Crippen LogP contribution in [0.25, 0.3) is 0 Å². The molecule has 0 N–H and O–H groups in total. The summed E-state index contributed by atoms with van der Waals surface area (Å²) in [4.78, 5) is 25.0. The first-order valence-corrected chi connectivity index (χ1v) is 11.4. The van der Waals surface area contributed by atoms with Crippen molar-refractivity contribution in [1.82, 2.24) is 14.3 Å². The van der Waals surface area contributed by atoms with Crippen molar-refractivity contribution in [3.8, 4) is 5.75 Å². The molecule has 3 aromatic rings. The summed E-state index contributed by atoms with van der Waals surface area (Å²) in [5, 5.41) is 4.64. The molecule has 0 aliphatic carbocycles. The van der Waals surface area contributed by atoms with Gasteiger partial charge in [-0.3, -0.25) is 4.57 Å². The molecule has 0 atom stereocenters. The number of benzene rings is 2. The zero-order valence-corrected chi connectivity index (χ0v) is 20.1. The Bertz CT molecular complexity index is 1130. The number of hydrogen-bond acceptors (Lipinski definition) is 5. The van der Waals surface area contributed by atoms with Gasteiger partial charge >= 0.3 is 11.7 Å². The standard InChI is InChI=1S/C26H33N3O4/c1-6-16-28-23(27-29(25(28)31)18-21-10-8-19(3)9-11-21)17-20-12-14-22(15-13-20)33-26(4,5)24(30)32-7-2/h8-15H,6-7,16-18H2,1-5H3. The monoisotopic (exact) mass is 451 g/mol. The molecular formula is C26H33N3O4. The first kappa shape index (κ1) is 24.3. The molecule has 0 radical (unpaired) electrons. The lowest BCUT2D eigenvalue weighted by molar-refractivity contribution is -0.158. The van der Waals surface area contributed by atoms with E-state index in [0.717, 1.165) is 23.4 Å². The van der Waals surface area contributed by atoms with Gasteiger partial charge in [-0.2, -0.15) is 5.10 Å². The van der Waals surface area contributed by atoms with Crippen LogP contribution in [0.5, 0.6) is 5.75 Å². The van der Waals surface area contributed by atoms with Gasteiger partial charge in [0.2, 0.25) is 0 Å².